The minimum absolute atomic E-state index is 0.454. The lowest BCUT2D eigenvalue weighted by molar-refractivity contribution is 0.502. The summed E-state index contributed by atoms with van der Waals surface area (Å²) in [6.45, 7) is 9.91. The molecule has 0 unspecified atom stereocenters. The first-order chi connectivity index (χ1) is 10.0. The molecule has 0 radical (unpaired) electrons. The van der Waals surface area contributed by atoms with Crippen LogP contribution in [-0.4, -0.2) is 6.54 Å². The molecule has 1 nitrogen and oxygen atoms in total. The van der Waals surface area contributed by atoms with Gasteiger partial charge in [0.2, 0.25) is 0 Å². The van der Waals surface area contributed by atoms with Crippen molar-refractivity contribution in [3.8, 4) is 0 Å². The van der Waals surface area contributed by atoms with E-state index in [4.69, 9.17) is 0 Å². The minimum atomic E-state index is 0.454. The Kier molecular flexibility index (Phi) is 3.86. The van der Waals surface area contributed by atoms with Crippen molar-refractivity contribution < 1.29 is 0 Å². The average Bonchev–Trinajstić information content (AvgIpc) is 2.45. The number of nitrogens with one attached hydrogen (secondary N) is 1. The molecule has 1 aliphatic rings. The maximum absolute atomic E-state index is 3.70. The van der Waals surface area contributed by atoms with E-state index in [1.165, 1.54) is 38.9 Å². The lowest BCUT2D eigenvalue weighted by Gasteiger charge is -2.28. The van der Waals surface area contributed by atoms with Crippen LogP contribution in [0.4, 0.5) is 0 Å². The monoisotopic (exact) mass is 279 g/mol. The molecule has 0 amide bonds. The number of hydrogen-bond donors (Lipinski definition) is 1. The molecule has 0 aliphatic carbocycles. The van der Waals surface area contributed by atoms with Gasteiger partial charge in [-0.1, -0.05) is 30.3 Å². The van der Waals surface area contributed by atoms with Crippen molar-refractivity contribution in [2.75, 3.05) is 6.54 Å². The van der Waals surface area contributed by atoms with E-state index in [-0.39, 0.29) is 0 Å². The zero-order valence-electron chi connectivity index (χ0n) is 13.6. The summed E-state index contributed by atoms with van der Waals surface area (Å²) in [5.74, 6) is 0. The number of benzene rings is 2. The van der Waals surface area contributed by atoms with Gasteiger partial charge >= 0.3 is 0 Å². The third-order valence-electron chi connectivity index (χ3n) is 4.93. The van der Waals surface area contributed by atoms with Crippen molar-refractivity contribution in [1.82, 2.24) is 5.32 Å². The Hall–Kier alpha value is -1.60. The van der Waals surface area contributed by atoms with Gasteiger partial charge in [0.25, 0.3) is 0 Å². The van der Waals surface area contributed by atoms with Crippen LogP contribution in [0.25, 0.3) is 0 Å². The summed E-state index contributed by atoms with van der Waals surface area (Å²) in [7, 11) is 0. The third-order valence-corrected chi connectivity index (χ3v) is 4.93. The molecule has 0 saturated carbocycles. The summed E-state index contributed by atoms with van der Waals surface area (Å²) in [4.78, 5) is 0. The molecule has 1 atom stereocenters. The van der Waals surface area contributed by atoms with Gasteiger partial charge in [0, 0.05) is 6.04 Å². The first-order valence-electron chi connectivity index (χ1n) is 7.94. The Balaban J connectivity index is 1.91. The predicted octanol–water partition coefficient (Wildman–Crippen LogP) is 4.35. The van der Waals surface area contributed by atoms with Crippen LogP contribution >= 0.6 is 0 Å². The zero-order valence-corrected chi connectivity index (χ0v) is 13.6. The van der Waals surface area contributed by atoms with Gasteiger partial charge < -0.3 is 5.32 Å². The van der Waals surface area contributed by atoms with Gasteiger partial charge in [0.15, 0.2) is 0 Å². The molecule has 0 fully saturated rings. The number of hydrogen-bond acceptors (Lipinski definition) is 1. The molecule has 0 saturated heterocycles. The molecule has 1 heteroatoms. The molecule has 0 aromatic heterocycles. The summed E-state index contributed by atoms with van der Waals surface area (Å²) >= 11 is 0. The van der Waals surface area contributed by atoms with E-state index in [1.54, 1.807) is 0 Å². The molecule has 1 aliphatic heterocycles. The molecule has 1 heterocycles. The standard InChI is InChI=1S/C20H25N/c1-13-5-6-17(9-14(13)2)12-20-19-11-16(4)15(3)10-18(19)7-8-21-20/h5-6,9-11,20-21H,7-8,12H2,1-4H3/t20-/m1/s1. The Bertz CT molecular complexity index is 670. The van der Waals surface area contributed by atoms with Gasteiger partial charge in [-0.05, 0) is 86.0 Å². The Morgan fingerprint density at radius 2 is 1.62 bits per heavy atom. The fraction of sp³-hybridized carbons (Fsp3) is 0.400. The summed E-state index contributed by atoms with van der Waals surface area (Å²) in [6.07, 6.45) is 2.23. The van der Waals surface area contributed by atoms with Crippen molar-refractivity contribution in [3.63, 3.8) is 0 Å². The van der Waals surface area contributed by atoms with Gasteiger partial charge in [-0.15, -0.1) is 0 Å². The fourth-order valence-corrected chi connectivity index (χ4v) is 3.28. The molecular weight excluding hydrogens is 254 g/mol. The van der Waals surface area contributed by atoms with Crippen molar-refractivity contribution in [2.24, 2.45) is 0 Å². The highest BCUT2D eigenvalue weighted by molar-refractivity contribution is 5.41. The van der Waals surface area contributed by atoms with Crippen LogP contribution in [0.15, 0.2) is 30.3 Å². The molecule has 110 valence electrons. The highest BCUT2D eigenvalue weighted by Crippen LogP contribution is 2.29. The molecule has 1 N–H and O–H groups in total. The molecule has 2 aromatic rings. The van der Waals surface area contributed by atoms with E-state index >= 15 is 0 Å². The SMILES string of the molecule is Cc1ccc(C[C@H]2NCCc3cc(C)c(C)cc32)cc1C. The number of fused-ring (bicyclic) bond motifs is 1. The number of rotatable bonds is 2. The molecule has 3 rings (SSSR count). The van der Waals surface area contributed by atoms with Gasteiger partial charge in [-0.3, -0.25) is 0 Å². The van der Waals surface area contributed by atoms with E-state index in [0.29, 0.717) is 6.04 Å². The maximum Gasteiger partial charge on any atom is 0.0363 e. The van der Waals surface area contributed by atoms with Crippen molar-refractivity contribution in [2.45, 2.75) is 46.6 Å². The lowest BCUT2D eigenvalue weighted by Crippen LogP contribution is -2.31. The number of aryl methyl sites for hydroxylation is 4. The quantitative estimate of drug-likeness (QED) is 0.862. The minimum Gasteiger partial charge on any atom is -0.309 e. The van der Waals surface area contributed by atoms with Crippen molar-refractivity contribution in [1.29, 1.82) is 0 Å². The van der Waals surface area contributed by atoms with Crippen LogP contribution in [0.1, 0.15) is 45.0 Å². The van der Waals surface area contributed by atoms with Crippen LogP contribution < -0.4 is 5.32 Å². The molecule has 0 bridgehead atoms. The maximum atomic E-state index is 3.70. The van der Waals surface area contributed by atoms with Crippen LogP contribution in [0, 0.1) is 27.7 Å². The topological polar surface area (TPSA) is 12.0 Å². The van der Waals surface area contributed by atoms with Gasteiger partial charge in [-0.25, -0.2) is 0 Å². The summed E-state index contributed by atoms with van der Waals surface area (Å²) in [5, 5.41) is 3.70. The largest absolute Gasteiger partial charge is 0.309 e. The average molecular weight is 279 g/mol. The second kappa shape index (κ2) is 5.65. The zero-order chi connectivity index (χ0) is 15.0. The fourth-order valence-electron chi connectivity index (χ4n) is 3.28. The first kappa shape index (κ1) is 14.3. The van der Waals surface area contributed by atoms with Crippen molar-refractivity contribution >= 4 is 0 Å². The van der Waals surface area contributed by atoms with Crippen LogP contribution in [0.3, 0.4) is 0 Å². The van der Waals surface area contributed by atoms with Crippen LogP contribution in [-0.2, 0) is 12.8 Å². The summed E-state index contributed by atoms with van der Waals surface area (Å²) < 4.78 is 0. The highest BCUT2D eigenvalue weighted by atomic mass is 14.9. The lowest BCUT2D eigenvalue weighted by atomic mass is 9.87. The molecular formula is C20H25N. The van der Waals surface area contributed by atoms with Gasteiger partial charge in [0.05, 0.1) is 0 Å². The Labute approximate surface area is 128 Å². The summed E-state index contributed by atoms with van der Waals surface area (Å²) in [5.41, 5.74) is 10.1. The van der Waals surface area contributed by atoms with Gasteiger partial charge in [-0.2, -0.15) is 0 Å². The van der Waals surface area contributed by atoms with Crippen LogP contribution in [0.5, 0.6) is 0 Å². The van der Waals surface area contributed by atoms with Crippen molar-refractivity contribution in [3.05, 3.63) is 69.3 Å². The van der Waals surface area contributed by atoms with E-state index in [2.05, 4.69) is 63.3 Å². The second-order valence-electron chi connectivity index (χ2n) is 6.51. The van der Waals surface area contributed by atoms with E-state index in [1.807, 2.05) is 0 Å². The third kappa shape index (κ3) is 2.89. The summed E-state index contributed by atoms with van der Waals surface area (Å²) in [6, 6.07) is 12.1. The molecule has 0 spiro atoms. The molecule has 21 heavy (non-hydrogen) atoms. The first-order valence-corrected chi connectivity index (χ1v) is 7.94. The smallest absolute Gasteiger partial charge is 0.0363 e. The van der Waals surface area contributed by atoms with Gasteiger partial charge in [0.1, 0.15) is 0 Å². The highest BCUT2D eigenvalue weighted by Gasteiger charge is 2.20. The predicted molar refractivity (Wildman–Crippen MR) is 90.0 cm³/mol. The normalized spacial score (nSPS) is 17.6. The second-order valence-corrected chi connectivity index (χ2v) is 6.51. The Morgan fingerprint density at radius 1 is 0.905 bits per heavy atom. The van der Waals surface area contributed by atoms with E-state index < -0.39 is 0 Å². The Morgan fingerprint density at radius 3 is 2.38 bits per heavy atom. The molecule has 2 aromatic carbocycles. The van der Waals surface area contributed by atoms with Crippen LogP contribution in [0.2, 0.25) is 0 Å². The van der Waals surface area contributed by atoms with E-state index in [0.717, 1.165) is 19.4 Å². The van der Waals surface area contributed by atoms with E-state index in [9.17, 15) is 0 Å².